The number of hydrogen-bond donors (Lipinski definition) is 4. The number of hydrogen-bond acceptors (Lipinski definition) is 13. The van der Waals surface area contributed by atoms with E-state index in [1.807, 2.05) is 51.9 Å². The smallest absolute Gasteiger partial charge is 0.335 e. The van der Waals surface area contributed by atoms with Gasteiger partial charge in [-0.2, -0.15) is 8.42 Å². The van der Waals surface area contributed by atoms with E-state index in [0.717, 1.165) is 41.9 Å². The number of amides is 6. The maximum atomic E-state index is 13.6. The van der Waals surface area contributed by atoms with E-state index in [0.29, 0.717) is 35.5 Å². The van der Waals surface area contributed by atoms with Gasteiger partial charge in [-0.15, -0.1) is 5.06 Å². The summed E-state index contributed by atoms with van der Waals surface area (Å²) in [6, 6.07) is 12.1. The lowest BCUT2D eigenvalue weighted by atomic mass is 10.0. The molecule has 0 aromatic heterocycles. The van der Waals surface area contributed by atoms with Crippen molar-refractivity contribution in [2.24, 2.45) is 5.92 Å². The Morgan fingerprint density at radius 3 is 2.37 bits per heavy atom. The van der Waals surface area contributed by atoms with Gasteiger partial charge in [0.1, 0.15) is 6.04 Å². The number of para-hydroxylation sites is 1. The molecule has 5 rings (SSSR count). The molecular weight excluding hydrogens is 819 g/mol. The standard InChI is InChI=1S/C37H41N5O11S4/c43-31(38-16-6-5-7-24-22-55-56-23-24)15-18-54-36(48)28(19-34(46)53-42-33(45)20-30(35(42)47)57(50,51)52)40-37(49)39-17-14-32(44)41-21-27-10-2-1-8-25(27)12-13-26-9-3-4-11-29(26)41/h1-4,8-11,24,28,30H,5-7,14-23H2,(H,38,43)(H2,39,40,49)(H,50,51,52). The van der Waals surface area contributed by atoms with Gasteiger partial charge < -0.3 is 25.7 Å². The van der Waals surface area contributed by atoms with Gasteiger partial charge in [-0.3, -0.25) is 28.5 Å². The van der Waals surface area contributed by atoms with Crippen LogP contribution < -0.4 is 20.9 Å². The number of carbonyl (C=O) groups excluding carboxylic acids is 7. The van der Waals surface area contributed by atoms with Gasteiger partial charge in [-0.05, 0) is 42.5 Å². The topological polar surface area (TPSA) is 226 Å². The molecule has 2 aromatic carbocycles. The number of urea groups is 1. The first-order chi connectivity index (χ1) is 27.3. The van der Waals surface area contributed by atoms with E-state index < -0.39 is 63.2 Å². The molecule has 20 heteroatoms. The first kappa shape index (κ1) is 43.6. The number of benzene rings is 2. The van der Waals surface area contributed by atoms with E-state index in [1.165, 1.54) is 0 Å². The summed E-state index contributed by atoms with van der Waals surface area (Å²) in [6.45, 7) is 0.537. The summed E-state index contributed by atoms with van der Waals surface area (Å²) in [5.74, 6) is 4.53. The van der Waals surface area contributed by atoms with Gasteiger partial charge in [-0.1, -0.05) is 81.9 Å². The summed E-state index contributed by atoms with van der Waals surface area (Å²) in [5.41, 5.74) is 2.85. The Morgan fingerprint density at radius 2 is 1.63 bits per heavy atom. The zero-order chi connectivity index (χ0) is 41.0. The summed E-state index contributed by atoms with van der Waals surface area (Å²) in [4.78, 5) is 96.1. The van der Waals surface area contributed by atoms with Crippen LogP contribution in [0.5, 0.6) is 0 Å². The molecule has 57 heavy (non-hydrogen) atoms. The molecule has 3 heterocycles. The fraction of sp³-hybridized carbons (Fsp3) is 0.432. The molecule has 2 unspecified atom stereocenters. The van der Waals surface area contributed by atoms with Gasteiger partial charge in [0.2, 0.25) is 16.9 Å². The molecule has 3 aliphatic rings. The summed E-state index contributed by atoms with van der Waals surface area (Å²) < 4.78 is 32.3. The highest BCUT2D eigenvalue weighted by Crippen LogP contribution is 2.36. The molecule has 6 amide bonds. The number of hydroxylamine groups is 2. The molecular formula is C37H41N5O11S4. The second kappa shape index (κ2) is 20.7. The molecule has 2 atom stereocenters. The lowest BCUT2D eigenvalue weighted by molar-refractivity contribution is -0.197. The van der Waals surface area contributed by atoms with Crippen molar-refractivity contribution in [2.75, 3.05) is 35.2 Å². The van der Waals surface area contributed by atoms with E-state index in [4.69, 9.17) is 4.84 Å². The quantitative estimate of drug-likeness (QED) is 0.0591. The van der Waals surface area contributed by atoms with Gasteiger partial charge in [0.15, 0.2) is 5.25 Å². The molecule has 2 saturated heterocycles. The molecule has 0 bridgehead atoms. The summed E-state index contributed by atoms with van der Waals surface area (Å²) in [5, 5.41) is 4.63. The zero-order valence-corrected chi connectivity index (χ0v) is 33.9. The first-order valence-corrected chi connectivity index (χ1v) is 23.0. The molecule has 0 saturated carbocycles. The second-order valence-electron chi connectivity index (χ2n) is 13.2. The Hall–Kier alpha value is -4.55. The molecule has 0 aliphatic carbocycles. The number of unbranched alkanes of at least 4 members (excludes halogenated alkanes) is 1. The van der Waals surface area contributed by atoms with Crippen molar-refractivity contribution in [3.8, 4) is 11.8 Å². The monoisotopic (exact) mass is 859 g/mol. The summed E-state index contributed by atoms with van der Waals surface area (Å²) >= 11 is 0.658. The van der Waals surface area contributed by atoms with Crippen molar-refractivity contribution in [2.45, 2.75) is 62.8 Å². The summed E-state index contributed by atoms with van der Waals surface area (Å²) in [7, 11) is -1.23. The minimum atomic E-state index is -4.98. The van der Waals surface area contributed by atoms with Crippen LogP contribution in [0.3, 0.4) is 0 Å². The van der Waals surface area contributed by atoms with Crippen molar-refractivity contribution in [1.29, 1.82) is 0 Å². The molecule has 2 fully saturated rings. The van der Waals surface area contributed by atoms with Crippen LogP contribution in [0, 0.1) is 17.8 Å². The van der Waals surface area contributed by atoms with E-state index in [1.54, 1.807) is 23.1 Å². The normalized spacial score (nSPS) is 17.0. The number of imide groups is 1. The fourth-order valence-corrected chi connectivity index (χ4v) is 10.5. The van der Waals surface area contributed by atoms with Crippen LogP contribution in [-0.4, -0.2) is 100 Å². The third-order valence-electron chi connectivity index (χ3n) is 9.00. The number of anilines is 1. The van der Waals surface area contributed by atoms with Gasteiger partial charge in [0, 0.05) is 54.3 Å². The highest BCUT2D eigenvalue weighted by atomic mass is 33.1. The predicted molar refractivity (Wildman–Crippen MR) is 215 cm³/mol. The number of carbonyl (C=O) groups is 7. The maximum Gasteiger partial charge on any atom is 0.335 e. The fourth-order valence-electron chi connectivity index (χ4n) is 5.97. The molecule has 16 nitrogen and oxygen atoms in total. The third-order valence-corrected chi connectivity index (χ3v) is 13.8. The molecule has 0 spiro atoms. The van der Waals surface area contributed by atoms with Crippen LogP contribution >= 0.6 is 33.3 Å². The van der Waals surface area contributed by atoms with E-state index in [9.17, 15) is 46.5 Å². The van der Waals surface area contributed by atoms with Crippen molar-refractivity contribution >= 4 is 89.9 Å². The van der Waals surface area contributed by atoms with Crippen LogP contribution in [0.15, 0.2) is 48.5 Å². The third kappa shape index (κ3) is 12.7. The highest BCUT2D eigenvalue weighted by Gasteiger charge is 2.48. The van der Waals surface area contributed by atoms with Crippen LogP contribution in [-0.2, 0) is 50.3 Å². The van der Waals surface area contributed by atoms with Crippen molar-refractivity contribution in [3.05, 3.63) is 65.2 Å². The van der Waals surface area contributed by atoms with Crippen LogP contribution in [0.25, 0.3) is 0 Å². The van der Waals surface area contributed by atoms with Crippen LogP contribution in [0.4, 0.5) is 10.5 Å². The predicted octanol–water partition coefficient (Wildman–Crippen LogP) is 2.80. The van der Waals surface area contributed by atoms with Crippen molar-refractivity contribution in [1.82, 2.24) is 21.0 Å². The largest absolute Gasteiger partial charge is 0.356 e. The Labute approximate surface area is 341 Å². The number of nitrogens with zero attached hydrogens (tertiary/aromatic N) is 2. The molecule has 304 valence electrons. The number of rotatable bonds is 17. The SMILES string of the molecule is O=C(CCSC(=O)C(CC(=O)ON1C(=O)CC(S(=O)(=O)O)C1=O)NC(=O)NCCC(=O)N1Cc2ccccc2C#Cc2ccccc21)NCCCCC1CSSC1. The average molecular weight is 860 g/mol. The number of nitrogens with one attached hydrogen (secondary N) is 3. The van der Waals surface area contributed by atoms with Gasteiger partial charge in [0.05, 0.1) is 25.1 Å². The van der Waals surface area contributed by atoms with Crippen molar-refractivity contribution in [3.63, 3.8) is 0 Å². The average Bonchev–Trinajstić information content (AvgIpc) is 3.79. The van der Waals surface area contributed by atoms with Gasteiger partial charge in [-0.25, -0.2) is 9.59 Å². The van der Waals surface area contributed by atoms with Gasteiger partial charge in [0.25, 0.3) is 21.9 Å². The Kier molecular flexibility index (Phi) is 15.9. The number of fused-ring (bicyclic) bond motifs is 2. The molecule has 0 radical (unpaired) electrons. The first-order valence-electron chi connectivity index (χ1n) is 18.1. The van der Waals surface area contributed by atoms with Gasteiger partial charge >= 0.3 is 12.0 Å². The summed E-state index contributed by atoms with van der Waals surface area (Å²) in [6.07, 6.45) is 0.836. The number of thioether (sulfide) groups is 1. The lowest BCUT2D eigenvalue weighted by Crippen LogP contribution is -2.48. The Morgan fingerprint density at radius 1 is 0.930 bits per heavy atom. The van der Waals surface area contributed by atoms with E-state index in [-0.39, 0.29) is 48.6 Å². The Balaban J connectivity index is 1.15. The second-order valence-corrected chi connectivity index (χ2v) is 18.5. The molecule has 4 N–H and O–H groups in total. The minimum absolute atomic E-state index is 0.00547. The van der Waals surface area contributed by atoms with Crippen LogP contribution in [0.2, 0.25) is 0 Å². The van der Waals surface area contributed by atoms with Crippen molar-refractivity contribution < 1.29 is 51.4 Å². The molecule has 3 aliphatic heterocycles. The molecule has 2 aromatic rings. The van der Waals surface area contributed by atoms with Crippen LogP contribution in [0.1, 0.15) is 61.6 Å². The zero-order valence-electron chi connectivity index (χ0n) is 30.6. The maximum absolute atomic E-state index is 13.6. The van der Waals surface area contributed by atoms with E-state index >= 15 is 0 Å². The Bertz CT molecular complexity index is 2050. The van der Waals surface area contributed by atoms with E-state index in [2.05, 4.69) is 27.8 Å². The highest BCUT2D eigenvalue weighted by molar-refractivity contribution is 8.77. The lowest BCUT2D eigenvalue weighted by Gasteiger charge is -2.26. The minimum Gasteiger partial charge on any atom is -0.356 e.